The van der Waals surface area contributed by atoms with Crippen LogP contribution >= 0.6 is 0 Å². The van der Waals surface area contributed by atoms with E-state index in [1.165, 1.54) is 18.4 Å². The topological polar surface area (TPSA) is 56.0 Å². The molecule has 0 saturated carbocycles. The van der Waals surface area contributed by atoms with Gasteiger partial charge in [-0.2, -0.15) is 0 Å². The van der Waals surface area contributed by atoms with Crippen LogP contribution in [0.4, 0.5) is 5.82 Å². The van der Waals surface area contributed by atoms with Gasteiger partial charge < -0.3 is 5.73 Å². The first kappa shape index (κ1) is 11.8. The number of aryl methyl sites for hydroxylation is 1. The van der Waals surface area contributed by atoms with E-state index in [0.717, 1.165) is 18.4 Å². The first-order valence-electron chi connectivity index (χ1n) is 6.10. The van der Waals surface area contributed by atoms with E-state index in [-0.39, 0.29) is 5.78 Å². The molecule has 17 heavy (non-hydrogen) atoms. The number of hydrogen-bond donors (Lipinski definition) is 1. The fourth-order valence-corrected chi connectivity index (χ4v) is 2.17. The Morgan fingerprint density at radius 2 is 2.29 bits per heavy atom. The first-order chi connectivity index (χ1) is 8.16. The number of allylic oxidation sites excluding steroid dienone is 2. The van der Waals surface area contributed by atoms with Gasteiger partial charge in [0.2, 0.25) is 0 Å². The molecule has 1 aromatic rings. The fourth-order valence-electron chi connectivity index (χ4n) is 2.17. The number of carbonyl (C=O) groups excluding carboxylic acids is 1. The molecule has 0 atom stereocenters. The summed E-state index contributed by atoms with van der Waals surface area (Å²) in [6.45, 7) is 1.92. The van der Waals surface area contributed by atoms with Crippen LogP contribution in [0.2, 0.25) is 0 Å². The van der Waals surface area contributed by atoms with Crippen molar-refractivity contribution >= 4 is 11.6 Å². The molecule has 0 bridgehead atoms. The second-order valence-electron chi connectivity index (χ2n) is 4.65. The number of pyridine rings is 1. The molecule has 0 saturated heterocycles. The molecule has 3 heteroatoms. The lowest BCUT2D eigenvalue weighted by atomic mass is 9.93. The van der Waals surface area contributed by atoms with Crippen molar-refractivity contribution in [1.29, 1.82) is 0 Å². The van der Waals surface area contributed by atoms with Gasteiger partial charge in [-0.25, -0.2) is 4.98 Å². The Bertz CT molecular complexity index is 463. The van der Waals surface area contributed by atoms with Crippen molar-refractivity contribution < 1.29 is 4.79 Å². The average Bonchev–Trinajstić information content (AvgIpc) is 2.33. The Labute approximate surface area is 102 Å². The Hall–Kier alpha value is -1.64. The molecule has 0 unspecified atom stereocenters. The average molecular weight is 230 g/mol. The molecule has 0 spiro atoms. The molecule has 0 fully saturated rings. The zero-order valence-electron chi connectivity index (χ0n) is 10.2. The number of nitrogen functional groups attached to an aromatic ring is 1. The first-order valence-corrected chi connectivity index (χ1v) is 6.10. The highest BCUT2D eigenvalue weighted by molar-refractivity contribution is 6.01. The predicted molar refractivity (Wildman–Crippen MR) is 68.9 cm³/mol. The SMILES string of the molecule is Cc1cnc(N)c(C(=O)CC2=CCCCC2)c1. The maximum absolute atomic E-state index is 12.1. The van der Waals surface area contributed by atoms with Gasteiger partial charge in [-0.05, 0) is 44.2 Å². The monoisotopic (exact) mass is 230 g/mol. The molecule has 1 aromatic heterocycles. The smallest absolute Gasteiger partial charge is 0.170 e. The number of anilines is 1. The van der Waals surface area contributed by atoms with E-state index in [9.17, 15) is 4.79 Å². The van der Waals surface area contributed by atoms with Crippen LogP contribution in [0.5, 0.6) is 0 Å². The van der Waals surface area contributed by atoms with Gasteiger partial charge in [0.05, 0.1) is 5.56 Å². The lowest BCUT2D eigenvalue weighted by Crippen LogP contribution is -2.08. The molecule has 0 radical (unpaired) electrons. The molecular weight excluding hydrogens is 212 g/mol. The number of hydrogen-bond acceptors (Lipinski definition) is 3. The van der Waals surface area contributed by atoms with Crippen LogP contribution in [-0.2, 0) is 0 Å². The zero-order chi connectivity index (χ0) is 12.3. The third-order valence-electron chi connectivity index (χ3n) is 3.13. The van der Waals surface area contributed by atoms with Crippen LogP contribution in [0.25, 0.3) is 0 Å². The van der Waals surface area contributed by atoms with Crippen LogP contribution in [0.15, 0.2) is 23.9 Å². The van der Waals surface area contributed by atoms with Gasteiger partial charge in [-0.15, -0.1) is 0 Å². The predicted octanol–water partition coefficient (Wildman–Crippen LogP) is 3.05. The Balaban J connectivity index is 2.14. The molecule has 1 aliphatic rings. The number of rotatable bonds is 3. The minimum absolute atomic E-state index is 0.0897. The van der Waals surface area contributed by atoms with E-state index in [1.54, 1.807) is 6.20 Å². The lowest BCUT2D eigenvalue weighted by Gasteiger charge is -2.12. The van der Waals surface area contributed by atoms with E-state index in [1.807, 2.05) is 13.0 Å². The zero-order valence-corrected chi connectivity index (χ0v) is 10.2. The highest BCUT2D eigenvalue weighted by atomic mass is 16.1. The molecule has 0 aromatic carbocycles. The summed E-state index contributed by atoms with van der Waals surface area (Å²) in [6.07, 6.45) is 8.96. The highest BCUT2D eigenvalue weighted by Gasteiger charge is 2.14. The number of Topliss-reactive ketones (excluding diaryl/α,β-unsaturated/α-hetero) is 1. The molecule has 2 N–H and O–H groups in total. The molecule has 0 amide bonds. The summed E-state index contributed by atoms with van der Waals surface area (Å²) in [5, 5.41) is 0. The summed E-state index contributed by atoms with van der Waals surface area (Å²) in [5.74, 6) is 0.434. The van der Waals surface area contributed by atoms with Crippen LogP contribution in [0.3, 0.4) is 0 Å². The maximum atomic E-state index is 12.1. The summed E-state index contributed by atoms with van der Waals surface area (Å²) in [4.78, 5) is 16.2. The Morgan fingerprint density at radius 3 is 3.00 bits per heavy atom. The van der Waals surface area contributed by atoms with Gasteiger partial charge >= 0.3 is 0 Å². The van der Waals surface area contributed by atoms with Crippen molar-refractivity contribution in [3.05, 3.63) is 35.0 Å². The second-order valence-corrected chi connectivity index (χ2v) is 4.65. The van der Waals surface area contributed by atoms with Crippen LogP contribution < -0.4 is 5.73 Å². The summed E-state index contributed by atoms with van der Waals surface area (Å²) >= 11 is 0. The minimum Gasteiger partial charge on any atom is -0.383 e. The van der Waals surface area contributed by atoms with E-state index < -0.39 is 0 Å². The van der Waals surface area contributed by atoms with E-state index in [0.29, 0.717) is 17.8 Å². The second kappa shape index (κ2) is 5.13. The van der Waals surface area contributed by atoms with Gasteiger partial charge in [0.15, 0.2) is 5.78 Å². The normalized spacial score (nSPS) is 15.5. The molecule has 3 nitrogen and oxygen atoms in total. The van der Waals surface area contributed by atoms with Gasteiger partial charge in [-0.3, -0.25) is 4.79 Å². The fraction of sp³-hybridized carbons (Fsp3) is 0.429. The van der Waals surface area contributed by atoms with Crippen molar-refractivity contribution in [1.82, 2.24) is 4.98 Å². The van der Waals surface area contributed by atoms with Crippen molar-refractivity contribution in [2.24, 2.45) is 0 Å². The third-order valence-corrected chi connectivity index (χ3v) is 3.13. The van der Waals surface area contributed by atoms with Crippen molar-refractivity contribution in [2.75, 3.05) is 5.73 Å². The summed E-state index contributed by atoms with van der Waals surface area (Å²) in [7, 11) is 0. The van der Waals surface area contributed by atoms with E-state index in [2.05, 4.69) is 11.1 Å². The van der Waals surface area contributed by atoms with Crippen molar-refractivity contribution in [3.8, 4) is 0 Å². The Morgan fingerprint density at radius 1 is 1.47 bits per heavy atom. The van der Waals surface area contributed by atoms with E-state index in [4.69, 9.17) is 5.73 Å². The molecule has 90 valence electrons. The highest BCUT2D eigenvalue weighted by Crippen LogP contribution is 2.23. The lowest BCUT2D eigenvalue weighted by molar-refractivity contribution is 0.0992. The number of carbonyl (C=O) groups is 1. The van der Waals surface area contributed by atoms with Gasteiger partial charge in [0.1, 0.15) is 5.82 Å². The molecule has 1 heterocycles. The molecule has 2 rings (SSSR count). The van der Waals surface area contributed by atoms with Gasteiger partial charge in [0.25, 0.3) is 0 Å². The number of aromatic nitrogens is 1. The number of ketones is 1. The van der Waals surface area contributed by atoms with Gasteiger partial charge in [-0.1, -0.05) is 11.6 Å². The van der Waals surface area contributed by atoms with Crippen molar-refractivity contribution in [3.63, 3.8) is 0 Å². The summed E-state index contributed by atoms with van der Waals surface area (Å²) in [5.41, 5.74) is 8.53. The Kier molecular flexibility index (Phi) is 3.57. The van der Waals surface area contributed by atoms with Crippen LogP contribution in [-0.4, -0.2) is 10.8 Å². The standard InChI is InChI=1S/C14H18N2O/c1-10-7-12(14(15)16-9-10)13(17)8-11-5-3-2-4-6-11/h5,7,9H,2-4,6,8H2,1H3,(H2,15,16). The van der Waals surface area contributed by atoms with E-state index >= 15 is 0 Å². The molecule has 0 aliphatic heterocycles. The largest absolute Gasteiger partial charge is 0.383 e. The molecular formula is C14H18N2O. The number of nitrogens with two attached hydrogens (primary N) is 1. The minimum atomic E-state index is 0.0897. The number of nitrogens with zero attached hydrogens (tertiary/aromatic N) is 1. The quantitative estimate of drug-likeness (QED) is 0.641. The third kappa shape index (κ3) is 2.93. The maximum Gasteiger partial charge on any atom is 0.170 e. The van der Waals surface area contributed by atoms with Gasteiger partial charge in [0, 0.05) is 12.6 Å². The van der Waals surface area contributed by atoms with Crippen LogP contribution in [0, 0.1) is 6.92 Å². The summed E-state index contributed by atoms with van der Waals surface area (Å²) in [6, 6.07) is 1.83. The van der Waals surface area contributed by atoms with Crippen molar-refractivity contribution in [2.45, 2.75) is 39.0 Å². The molecule has 1 aliphatic carbocycles. The summed E-state index contributed by atoms with van der Waals surface area (Å²) < 4.78 is 0. The van der Waals surface area contributed by atoms with Crippen LogP contribution in [0.1, 0.15) is 48.0 Å².